The molecule has 0 aromatic carbocycles. The van der Waals surface area contributed by atoms with Crippen LogP contribution >= 0.6 is 0 Å². The first kappa shape index (κ1) is 36.9. The van der Waals surface area contributed by atoms with Crippen molar-refractivity contribution in [1.82, 2.24) is 0 Å². The summed E-state index contributed by atoms with van der Waals surface area (Å²) in [5.41, 5.74) is -0.307. The molecule has 5 aliphatic rings. The lowest BCUT2D eigenvalue weighted by Gasteiger charge is -2.69. The minimum atomic E-state index is -1.53. The molecular formula is C38H62O9. The van der Waals surface area contributed by atoms with Crippen molar-refractivity contribution in [3.63, 3.8) is 0 Å². The van der Waals surface area contributed by atoms with Gasteiger partial charge in [0.25, 0.3) is 0 Å². The average Bonchev–Trinajstić information content (AvgIpc) is 3.36. The summed E-state index contributed by atoms with van der Waals surface area (Å²) >= 11 is 0. The van der Waals surface area contributed by atoms with Gasteiger partial charge in [0.15, 0.2) is 6.29 Å². The molecule has 0 aromatic rings. The van der Waals surface area contributed by atoms with Crippen molar-refractivity contribution in [2.75, 3.05) is 6.61 Å². The molecule has 0 bridgehead atoms. The van der Waals surface area contributed by atoms with Crippen LogP contribution in [0.5, 0.6) is 0 Å². The Morgan fingerprint density at radius 3 is 2.21 bits per heavy atom. The van der Waals surface area contributed by atoms with Crippen LogP contribution in [0.25, 0.3) is 0 Å². The topological polar surface area (TPSA) is 143 Å². The third-order valence-corrected chi connectivity index (χ3v) is 14.6. The minimum absolute atomic E-state index is 0.0611. The van der Waals surface area contributed by atoms with Gasteiger partial charge in [-0.15, -0.1) is 0 Å². The maximum absolute atomic E-state index is 14.7. The zero-order valence-electron chi connectivity index (χ0n) is 30.3. The number of ketones is 1. The Hall–Kier alpha value is -1.36. The highest BCUT2D eigenvalue weighted by Gasteiger charge is 2.72. The van der Waals surface area contributed by atoms with E-state index < -0.39 is 42.9 Å². The van der Waals surface area contributed by atoms with Gasteiger partial charge in [-0.3, -0.25) is 9.59 Å². The Balaban J connectivity index is 1.48. The molecule has 268 valence electrons. The zero-order valence-corrected chi connectivity index (χ0v) is 30.3. The second-order valence-electron chi connectivity index (χ2n) is 17.7. The lowest BCUT2D eigenvalue weighted by atomic mass is 9.35. The molecule has 47 heavy (non-hydrogen) atoms. The summed E-state index contributed by atoms with van der Waals surface area (Å²) in [5.74, 6) is 0.215. The summed E-state index contributed by atoms with van der Waals surface area (Å²) < 4.78 is 18.5. The fraction of sp³-hybridized carbons (Fsp3) is 0.895. The van der Waals surface area contributed by atoms with Gasteiger partial charge < -0.3 is 34.6 Å². The standard InChI is InChI=1S/C38H62O9/c1-21(2)11-10-15-38(9,47-33-32(44)31(43)30(42)25(20-39)46-33)23-12-17-37(8)29(23)24(41)19-27-35(6)16-14-28(45-22(3)40)34(4,5)26(35)13-18-36(27,37)7/h11,23,25-33,39,42-44H,10,12-20H2,1-9H3/t23?,25?,26?,27?,28-,29?,30+,31?,32?,33-,35-,36+,37+,38?/m0/s1. The van der Waals surface area contributed by atoms with Gasteiger partial charge in [0.1, 0.15) is 36.3 Å². The highest BCUT2D eigenvalue weighted by Crippen LogP contribution is 2.75. The Bertz CT molecular complexity index is 1230. The van der Waals surface area contributed by atoms with E-state index in [2.05, 4.69) is 40.7 Å². The molecule has 9 heteroatoms. The van der Waals surface area contributed by atoms with Crippen LogP contribution < -0.4 is 0 Å². The highest BCUT2D eigenvalue weighted by atomic mass is 16.7. The van der Waals surface area contributed by atoms with Crippen molar-refractivity contribution in [3.8, 4) is 0 Å². The second kappa shape index (κ2) is 12.8. The van der Waals surface area contributed by atoms with E-state index in [4.69, 9.17) is 14.2 Å². The Kier molecular flexibility index (Phi) is 10.0. The van der Waals surface area contributed by atoms with Gasteiger partial charge in [0.2, 0.25) is 0 Å². The number of aliphatic hydroxyl groups excluding tert-OH is 4. The van der Waals surface area contributed by atoms with Crippen LogP contribution in [-0.2, 0) is 23.8 Å². The minimum Gasteiger partial charge on any atom is -0.462 e. The summed E-state index contributed by atoms with van der Waals surface area (Å²) in [4.78, 5) is 26.7. The van der Waals surface area contributed by atoms with Crippen LogP contribution in [0, 0.1) is 45.3 Å². The molecule has 0 radical (unpaired) electrons. The van der Waals surface area contributed by atoms with E-state index in [1.807, 2.05) is 20.8 Å². The Labute approximate surface area is 281 Å². The molecule has 5 fully saturated rings. The van der Waals surface area contributed by atoms with Gasteiger partial charge in [-0.2, -0.15) is 0 Å². The molecule has 14 atom stereocenters. The van der Waals surface area contributed by atoms with Crippen LogP contribution in [0.3, 0.4) is 0 Å². The fourth-order valence-corrected chi connectivity index (χ4v) is 11.9. The number of carbonyl (C=O) groups excluding carboxylic acids is 2. The van der Waals surface area contributed by atoms with Crippen LogP contribution in [-0.4, -0.2) is 81.2 Å². The van der Waals surface area contributed by atoms with E-state index in [-0.39, 0.29) is 57.3 Å². The summed E-state index contributed by atoms with van der Waals surface area (Å²) in [5, 5.41) is 41.8. The number of hydrogen-bond donors (Lipinski definition) is 4. The van der Waals surface area contributed by atoms with Crippen LogP contribution in [0.4, 0.5) is 0 Å². The molecule has 1 aliphatic heterocycles. The first-order valence-electron chi connectivity index (χ1n) is 18.1. The molecule has 0 aromatic heterocycles. The summed E-state index contributed by atoms with van der Waals surface area (Å²) in [6, 6.07) is 0. The van der Waals surface area contributed by atoms with E-state index in [1.165, 1.54) is 12.5 Å². The molecule has 9 nitrogen and oxygen atoms in total. The van der Waals surface area contributed by atoms with Crippen molar-refractivity contribution in [1.29, 1.82) is 0 Å². The van der Waals surface area contributed by atoms with Crippen molar-refractivity contribution < 1.29 is 44.2 Å². The predicted octanol–water partition coefficient (Wildman–Crippen LogP) is 5.10. The average molecular weight is 663 g/mol. The maximum Gasteiger partial charge on any atom is 0.302 e. The maximum atomic E-state index is 14.7. The first-order valence-corrected chi connectivity index (χ1v) is 18.1. The molecule has 0 amide bonds. The van der Waals surface area contributed by atoms with E-state index in [9.17, 15) is 30.0 Å². The normalized spacial score (nSPS) is 47.2. The van der Waals surface area contributed by atoms with Crippen molar-refractivity contribution in [2.24, 2.45) is 45.3 Å². The zero-order chi connectivity index (χ0) is 34.9. The molecule has 8 unspecified atom stereocenters. The summed E-state index contributed by atoms with van der Waals surface area (Å²) in [6.45, 7) is 18.8. The SMILES string of the molecule is CC(=O)O[C@H]1CC[C@@]2(C)C(CC[C@]3(C)C2CC(=O)C2C(C(C)(CCC=C(C)C)O[C@@H]4OC(CO)[C@@H](O)C(O)C4O)CC[C@]23C)C1(C)C. The number of Topliss-reactive ketones (excluding diaryl/α,β-unsaturated/α-hetero) is 1. The van der Waals surface area contributed by atoms with E-state index >= 15 is 0 Å². The largest absolute Gasteiger partial charge is 0.462 e. The molecule has 4 saturated carbocycles. The number of fused-ring (bicyclic) bond motifs is 5. The Morgan fingerprint density at radius 2 is 1.60 bits per heavy atom. The lowest BCUT2D eigenvalue weighted by molar-refractivity contribution is -0.333. The lowest BCUT2D eigenvalue weighted by Crippen LogP contribution is -2.66. The van der Waals surface area contributed by atoms with Gasteiger partial charge in [0, 0.05) is 24.7 Å². The summed E-state index contributed by atoms with van der Waals surface area (Å²) in [6.07, 6.45) is 2.43. The van der Waals surface area contributed by atoms with E-state index in [1.54, 1.807) is 0 Å². The van der Waals surface area contributed by atoms with Crippen molar-refractivity contribution in [3.05, 3.63) is 11.6 Å². The van der Waals surface area contributed by atoms with Crippen LogP contribution in [0.15, 0.2) is 11.6 Å². The second-order valence-corrected chi connectivity index (χ2v) is 17.7. The summed E-state index contributed by atoms with van der Waals surface area (Å²) in [7, 11) is 0. The van der Waals surface area contributed by atoms with Gasteiger partial charge in [-0.05, 0) is 106 Å². The number of aliphatic hydroxyl groups is 4. The molecule has 5 rings (SSSR count). The number of hydrogen-bond acceptors (Lipinski definition) is 9. The molecule has 4 aliphatic carbocycles. The van der Waals surface area contributed by atoms with E-state index in [0.29, 0.717) is 25.2 Å². The van der Waals surface area contributed by atoms with Crippen molar-refractivity contribution in [2.45, 2.75) is 163 Å². The third-order valence-electron chi connectivity index (χ3n) is 14.6. The fourth-order valence-electron chi connectivity index (χ4n) is 11.9. The number of carbonyl (C=O) groups is 2. The van der Waals surface area contributed by atoms with Crippen molar-refractivity contribution >= 4 is 11.8 Å². The third kappa shape index (κ3) is 5.86. The quantitative estimate of drug-likeness (QED) is 0.206. The van der Waals surface area contributed by atoms with Gasteiger partial charge in [-0.1, -0.05) is 46.3 Å². The van der Waals surface area contributed by atoms with E-state index in [0.717, 1.165) is 38.5 Å². The number of ether oxygens (including phenoxy) is 3. The number of allylic oxidation sites excluding steroid dienone is 2. The van der Waals surface area contributed by atoms with Gasteiger partial charge >= 0.3 is 5.97 Å². The number of esters is 1. The van der Waals surface area contributed by atoms with Gasteiger partial charge in [0.05, 0.1) is 12.2 Å². The molecule has 1 heterocycles. The highest BCUT2D eigenvalue weighted by molar-refractivity contribution is 5.84. The molecule has 1 saturated heterocycles. The first-order chi connectivity index (χ1) is 21.8. The predicted molar refractivity (Wildman–Crippen MR) is 177 cm³/mol. The monoisotopic (exact) mass is 662 g/mol. The smallest absolute Gasteiger partial charge is 0.302 e. The Morgan fingerprint density at radius 1 is 0.936 bits per heavy atom. The molecule has 4 N–H and O–H groups in total. The molecular weight excluding hydrogens is 600 g/mol. The van der Waals surface area contributed by atoms with Crippen LogP contribution in [0.2, 0.25) is 0 Å². The molecule has 0 spiro atoms. The number of rotatable bonds is 8. The van der Waals surface area contributed by atoms with Gasteiger partial charge in [-0.25, -0.2) is 0 Å². The van der Waals surface area contributed by atoms with Crippen LogP contribution in [0.1, 0.15) is 120 Å².